The van der Waals surface area contributed by atoms with Crippen LogP contribution in [0.2, 0.25) is 0 Å². The molecule has 0 bridgehead atoms. The zero-order chi connectivity index (χ0) is 22.3. The van der Waals surface area contributed by atoms with Gasteiger partial charge in [-0.05, 0) is 38.5 Å². The predicted molar refractivity (Wildman–Crippen MR) is 119 cm³/mol. The first-order valence-corrected chi connectivity index (χ1v) is 10.2. The Morgan fingerprint density at radius 2 is 2.13 bits per heavy atom. The van der Waals surface area contributed by atoms with Crippen molar-refractivity contribution in [2.75, 3.05) is 30.9 Å². The molecule has 0 spiro atoms. The van der Waals surface area contributed by atoms with Crippen LogP contribution in [0.25, 0.3) is 11.0 Å². The van der Waals surface area contributed by atoms with Crippen LogP contribution >= 0.6 is 0 Å². The van der Waals surface area contributed by atoms with E-state index < -0.39 is 5.97 Å². The second-order valence-corrected chi connectivity index (χ2v) is 7.66. The minimum absolute atomic E-state index is 0.0390. The summed E-state index contributed by atoms with van der Waals surface area (Å²) in [5.74, 6) is -0.271. The molecule has 1 aromatic carbocycles. The number of nitrogens with zero attached hydrogens (tertiary/aromatic N) is 5. The third-order valence-electron chi connectivity index (χ3n) is 5.55. The smallest absolute Gasteiger partial charge is 0.338 e. The molecule has 4 rings (SSSR count). The molecule has 0 unspecified atom stereocenters. The maximum atomic E-state index is 13.1. The third-order valence-corrected chi connectivity index (χ3v) is 5.55. The standard InChI is InChI=1S/C22H26N6O3/c1-6-8-15-12-26(4)17-11-14(21(30)31-5)10-16-19(17)28(15)22(23-16)24-20(29)18-9-13(3)25-27(18)7-2/h6,9-11,15H,1,7-8,12H2,2-5H3,(H,23,24,29)/t15-/m0/s1. The summed E-state index contributed by atoms with van der Waals surface area (Å²) in [5.41, 5.74) is 4.01. The van der Waals surface area contributed by atoms with Crippen LogP contribution in [0.15, 0.2) is 30.9 Å². The minimum Gasteiger partial charge on any atom is -0.465 e. The molecule has 0 saturated heterocycles. The molecule has 0 fully saturated rings. The molecule has 1 aliphatic heterocycles. The van der Waals surface area contributed by atoms with Gasteiger partial charge in [-0.2, -0.15) is 5.10 Å². The first-order valence-electron chi connectivity index (χ1n) is 10.2. The van der Waals surface area contributed by atoms with Gasteiger partial charge < -0.3 is 14.2 Å². The van der Waals surface area contributed by atoms with Gasteiger partial charge in [-0.3, -0.25) is 14.8 Å². The fraction of sp³-hybridized carbons (Fsp3) is 0.364. The van der Waals surface area contributed by atoms with Crippen LogP contribution in [0.5, 0.6) is 0 Å². The number of nitrogens with one attached hydrogen (secondary N) is 1. The van der Waals surface area contributed by atoms with Gasteiger partial charge in [-0.1, -0.05) is 6.08 Å². The first kappa shape index (κ1) is 20.6. The van der Waals surface area contributed by atoms with Gasteiger partial charge in [0.05, 0.1) is 41.1 Å². The average Bonchev–Trinajstić information content (AvgIpc) is 3.31. The van der Waals surface area contributed by atoms with Crippen molar-refractivity contribution < 1.29 is 14.3 Å². The maximum Gasteiger partial charge on any atom is 0.338 e. The molecule has 162 valence electrons. The Balaban J connectivity index is 1.85. The summed E-state index contributed by atoms with van der Waals surface area (Å²) < 4.78 is 8.60. The molecule has 1 atom stereocenters. The summed E-state index contributed by atoms with van der Waals surface area (Å²) in [5, 5.41) is 7.32. The minimum atomic E-state index is -0.428. The number of imidazole rings is 1. The van der Waals surface area contributed by atoms with E-state index in [0.717, 1.165) is 16.9 Å². The molecule has 1 N–H and O–H groups in total. The van der Waals surface area contributed by atoms with E-state index in [1.807, 2.05) is 31.5 Å². The highest BCUT2D eigenvalue weighted by Gasteiger charge is 2.30. The molecule has 0 aliphatic carbocycles. The number of methoxy groups -OCH3 is 1. The van der Waals surface area contributed by atoms with Gasteiger partial charge in [-0.25, -0.2) is 9.78 Å². The van der Waals surface area contributed by atoms with Crippen molar-refractivity contribution in [1.82, 2.24) is 19.3 Å². The van der Waals surface area contributed by atoms with Crippen LogP contribution in [-0.2, 0) is 11.3 Å². The lowest BCUT2D eigenvalue weighted by atomic mass is 10.1. The van der Waals surface area contributed by atoms with E-state index in [4.69, 9.17) is 4.74 Å². The monoisotopic (exact) mass is 422 g/mol. The van der Waals surface area contributed by atoms with Crippen LogP contribution in [0.1, 0.15) is 45.9 Å². The largest absolute Gasteiger partial charge is 0.465 e. The van der Waals surface area contributed by atoms with Gasteiger partial charge in [0.15, 0.2) is 0 Å². The quantitative estimate of drug-likeness (QED) is 0.484. The highest BCUT2D eigenvalue weighted by atomic mass is 16.5. The van der Waals surface area contributed by atoms with Crippen molar-refractivity contribution in [2.24, 2.45) is 0 Å². The number of anilines is 2. The van der Waals surface area contributed by atoms with Gasteiger partial charge in [0.1, 0.15) is 5.69 Å². The number of aryl methyl sites for hydroxylation is 2. The fourth-order valence-electron chi connectivity index (χ4n) is 4.18. The zero-order valence-corrected chi connectivity index (χ0v) is 18.2. The van der Waals surface area contributed by atoms with Gasteiger partial charge >= 0.3 is 5.97 Å². The second kappa shape index (κ2) is 7.90. The molecule has 0 saturated carbocycles. The van der Waals surface area contributed by atoms with Crippen LogP contribution in [0, 0.1) is 6.92 Å². The molecular formula is C22H26N6O3. The number of hydrogen-bond acceptors (Lipinski definition) is 6. The number of carbonyl (C=O) groups is 2. The number of hydrogen-bond donors (Lipinski definition) is 1. The number of aromatic nitrogens is 4. The van der Waals surface area contributed by atoms with E-state index >= 15 is 0 Å². The van der Waals surface area contributed by atoms with Gasteiger partial charge in [0.2, 0.25) is 5.95 Å². The molecule has 31 heavy (non-hydrogen) atoms. The molecule has 3 aromatic rings. The summed E-state index contributed by atoms with van der Waals surface area (Å²) in [4.78, 5) is 32.0. The topological polar surface area (TPSA) is 94.3 Å². The Morgan fingerprint density at radius 3 is 2.81 bits per heavy atom. The van der Waals surface area contributed by atoms with Crippen LogP contribution in [-0.4, -0.2) is 51.9 Å². The molecule has 1 aliphatic rings. The number of benzene rings is 1. The number of esters is 1. The lowest BCUT2D eigenvalue weighted by Gasteiger charge is -2.33. The molecule has 1 amide bonds. The number of carbonyl (C=O) groups excluding carboxylic acids is 2. The molecular weight excluding hydrogens is 396 g/mol. The van der Waals surface area contributed by atoms with E-state index in [1.54, 1.807) is 22.9 Å². The lowest BCUT2D eigenvalue weighted by Crippen LogP contribution is -2.33. The molecule has 9 heteroatoms. The predicted octanol–water partition coefficient (Wildman–Crippen LogP) is 3.17. The lowest BCUT2D eigenvalue weighted by molar-refractivity contribution is 0.0600. The SMILES string of the molecule is C=CC[C@H]1CN(C)c2cc(C(=O)OC)cc3nc(NC(=O)c4cc(C)nn4CC)n1c23. The Hall–Kier alpha value is -3.62. The number of ether oxygens (including phenoxy) is 1. The van der Waals surface area contributed by atoms with Crippen molar-refractivity contribution in [1.29, 1.82) is 0 Å². The second-order valence-electron chi connectivity index (χ2n) is 7.66. The Bertz CT molecular complexity index is 1190. The Morgan fingerprint density at radius 1 is 1.35 bits per heavy atom. The molecule has 2 aromatic heterocycles. The van der Waals surface area contributed by atoms with Crippen molar-refractivity contribution in [2.45, 2.75) is 32.9 Å². The van der Waals surface area contributed by atoms with Crippen molar-refractivity contribution in [3.05, 3.63) is 47.8 Å². The fourth-order valence-corrected chi connectivity index (χ4v) is 4.18. The van der Waals surface area contributed by atoms with Crippen LogP contribution < -0.4 is 10.2 Å². The van der Waals surface area contributed by atoms with E-state index in [-0.39, 0.29) is 11.9 Å². The van der Waals surface area contributed by atoms with Crippen molar-refractivity contribution >= 4 is 34.5 Å². The summed E-state index contributed by atoms with van der Waals surface area (Å²) in [7, 11) is 3.33. The first-order chi connectivity index (χ1) is 14.9. The third kappa shape index (κ3) is 3.45. The number of allylic oxidation sites excluding steroid dienone is 1. The number of rotatable bonds is 6. The Labute approximate surface area is 180 Å². The molecule has 3 heterocycles. The van der Waals surface area contributed by atoms with Gasteiger partial charge in [0.25, 0.3) is 5.91 Å². The van der Waals surface area contributed by atoms with Gasteiger partial charge in [0, 0.05) is 20.1 Å². The summed E-state index contributed by atoms with van der Waals surface area (Å²) in [6.07, 6.45) is 2.57. The average molecular weight is 422 g/mol. The zero-order valence-electron chi connectivity index (χ0n) is 18.2. The van der Waals surface area contributed by atoms with Crippen molar-refractivity contribution in [3.63, 3.8) is 0 Å². The maximum absolute atomic E-state index is 13.1. The number of likely N-dealkylation sites (N-methyl/N-ethyl adjacent to an activating group) is 1. The van der Waals surface area contributed by atoms with Crippen molar-refractivity contribution in [3.8, 4) is 0 Å². The van der Waals surface area contributed by atoms with Crippen LogP contribution in [0.4, 0.5) is 11.6 Å². The molecule has 9 nitrogen and oxygen atoms in total. The van der Waals surface area contributed by atoms with Gasteiger partial charge in [-0.15, -0.1) is 6.58 Å². The Kier molecular flexibility index (Phi) is 5.26. The number of amides is 1. The van der Waals surface area contributed by atoms with E-state index in [2.05, 4.69) is 26.9 Å². The van der Waals surface area contributed by atoms with E-state index in [9.17, 15) is 9.59 Å². The van der Waals surface area contributed by atoms with E-state index in [0.29, 0.717) is 42.2 Å². The van der Waals surface area contributed by atoms with Crippen LogP contribution in [0.3, 0.4) is 0 Å². The normalized spacial score (nSPS) is 15.2. The highest BCUT2D eigenvalue weighted by Crippen LogP contribution is 2.39. The van der Waals surface area contributed by atoms with E-state index in [1.165, 1.54) is 7.11 Å². The molecule has 0 radical (unpaired) electrons. The summed E-state index contributed by atoms with van der Waals surface area (Å²) in [6.45, 7) is 8.95. The summed E-state index contributed by atoms with van der Waals surface area (Å²) in [6, 6.07) is 5.30. The highest BCUT2D eigenvalue weighted by molar-refractivity contribution is 6.05. The summed E-state index contributed by atoms with van der Waals surface area (Å²) >= 11 is 0.